The molecule has 0 radical (unpaired) electrons. The summed E-state index contributed by atoms with van der Waals surface area (Å²) in [6.45, 7) is 2.63. The fourth-order valence-electron chi connectivity index (χ4n) is 1.95. The number of ether oxygens (including phenoxy) is 1. The number of hydrogen-bond donors (Lipinski definition) is 1. The quantitative estimate of drug-likeness (QED) is 0.788. The van der Waals surface area contributed by atoms with Gasteiger partial charge >= 0.3 is 0 Å². The maximum atomic E-state index is 6.02. The van der Waals surface area contributed by atoms with Crippen molar-refractivity contribution in [2.45, 2.75) is 31.5 Å². The molecule has 2 N–H and O–H groups in total. The summed E-state index contributed by atoms with van der Waals surface area (Å²) < 4.78 is 5.09. The van der Waals surface area contributed by atoms with Gasteiger partial charge in [-0.05, 0) is 24.3 Å². The van der Waals surface area contributed by atoms with Crippen molar-refractivity contribution in [2.75, 3.05) is 20.3 Å². The molecule has 1 aliphatic carbocycles. The molecule has 1 aromatic rings. The molecule has 0 amide bonds. The molecule has 4 heteroatoms. The van der Waals surface area contributed by atoms with Gasteiger partial charge in [0.05, 0.1) is 6.61 Å². The molecule has 1 saturated carbocycles. The van der Waals surface area contributed by atoms with Crippen LogP contribution in [0.15, 0.2) is 17.5 Å². The van der Waals surface area contributed by atoms with Crippen LogP contribution in [0.25, 0.3) is 0 Å². The first-order chi connectivity index (χ1) is 7.79. The summed E-state index contributed by atoms with van der Waals surface area (Å²) in [6, 6.07) is 5.19. The minimum atomic E-state index is 0.130. The summed E-state index contributed by atoms with van der Waals surface area (Å²) >= 11 is 1.82. The van der Waals surface area contributed by atoms with Crippen molar-refractivity contribution in [3.63, 3.8) is 0 Å². The molecule has 3 nitrogen and oxygen atoms in total. The first kappa shape index (κ1) is 12.0. The molecular weight excluding hydrogens is 220 g/mol. The van der Waals surface area contributed by atoms with Gasteiger partial charge < -0.3 is 10.5 Å². The minimum absolute atomic E-state index is 0.130. The number of hydrogen-bond acceptors (Lipinski definition) is 4. The highest BCUT2D eigenvalue weighted by Gasteiger charge is 2.29. The monoisotopic (exact) mass is 240 g/mol. The van der Waals surface area contributed by atoms with Crippen molar-refractivity contribution < 1.29 is 4.74 Å². The average Bonchev–Trinajstić information content (AvgIpc) is 2.98. The molecule has 0 aromatic carbocycles. The molecule has 1 heterocycles. The highest BCUT2D eigenvalue weighted by molar-refractivity contribution is 7.09. The summed E-state index contributed by atoms with van der Waals surface area (Å²) in [5.74, 6) is 0. The van der Waals surface area contributed by atoms with Gasteiger partial charge in [-0.1, -0.05) is 6.07 Å². The van der Waals surface area contributed by atoms with Gasteiger partial charge in [0.25, 0.3) is 0 Å². The third-order valence-corrected chi connectivity index (χ3v) is 3.71. The molecule has 1 aliphatic rings. The second-order valence-corrected chi connectivity index (χ2v) is 5.49. The maximum absolute atomic E-state index is 6.02. The van der Waals surface area contributed by atoms with Gasteiger partial charge in [0.15, 0.2) is 0 Å². The molecule has 2 rings (SSSR count). The third-order valence-electron chi connectivity index (χ3n) is 2.85. The van der Waals surface area contributed by atoms with Crippen molar-refractivity contribution in [1.82, 2.24) is 4.90 Å². The Balaban J connectivity index is 1.85. The molecule has 90 valence electrons. The Morgan fingerprint density at radius 2 is 2.44 bits per heavy atom. The number of nitrogens with two attached hydrogens (primary N) is 1. The van der Waals surface area contributed by atoms with E-state index in [2.05, 4.69) is 22.4 Å². The summed E-state index contributed by atoms with van der Waals surface area (Å²) in [7, 11) is 1.71. The molecule has 1 atom stereocenters. The number of nitrogens with zero attached hydrogens (tertiary/aromatic N) is 1. The number of thiophene rings is 1. The van der Waals surface area contributed by atoms with E-state index >= 15 is 0 Å². The fraction of sp³-hybridized carbons (Fsp3) is 0.667. The Morgan fingerprint density at radius 1 is 1.62 bits per heavy atom. The molecule has 0 aliphatic heterocycles. The van der Waals surface area contributed by atoms with Crippen molar-refractivity contribution in [3.05, 3.63) is 22.4 Å². The maximum Gasteiger partial charge on any atom is 0.0626 e. The summed E-state index contributed by atoms with van der Waals surface area (Å²) in [6.07, 6.45) is 2.65. The third kappa shape index (κ3) is 3.56. The summed E-state index contributed by atoms with van der Waals surface area (Å²) in [5, 5.41) is 2.13. The smallest absolute Gasteiger partial charge is 0.0626 e. The predicted octanol–water partition coefficient (Wildman–Crippen LogP) is 1.69. The van der Waals surface area contributed by atoms with E-state index in [1.807, 2.05) is 11.3 Å². The topological polar surface area (TPSA) is 38.5 Å². The van der Waals surface area contributed by atoms with Gasteiger partial charge in [0.2, 0.25) is 0 Å². The second kappa shape index (κ2) is 5.77. The Hall–Kier alpha value is -0.420. The first-order valence-electron chi connectivity index (χ1n) is 5.80. The van der Waals surface area contributed by atoms with Gasteiger partial charge in [-0.25, -0.2) is 0 Å². The zero-order valence-corrected chi connectivity index (χ0v) is 10.6. The van der Waals surface area contributed by atoms with Crippen LogP contribution in [0.4, 0.5) is 0 Å². The van der Waals surface area contributed by atoms with Gasteiger partial charge in [-0.2, -0.15) is 0 Å². The molecule has 0 spiro atoms. The Labute approximate surface area is 101 Å². The van der Waals surface area contributed by atoms with Crippen LogP contribution < -0.4 is 5.73 Å². The molecule has 16 heavy (non-hydrogen) atoms. The van der Waals surface area contributed by atoms with E-state index in [1.165, 1.54) is 17.7 Å². The van der Waals surface area contributed by atoms with E-state index in [1.54, 1.807) is 7.11 Å². The fourth-order valence-corrected chi connectivity index (χ4v) is 2.68. The lowest BCUT2D eigenvalue weighted by Gasteiger charge is -2.24. The van der Waals surface area contributed by atoms with Crippen LogP contribution in [0.3, 0.4) is 0 Å². The zero-order chi connectivity index (χ0) is 11.4. The Kier molecular flexibility index (Phi) is 4.35. The Morgan fingerprint density at radius 3 is 3.00 bits per heavy atom. The van der Waals surface area contributed by atoms with Gasteiger partial charge in [0, 0.05) is 37.2 Å². The molecule has 1 unspecified atom stereocenters. The van der Waals surface area contributed by atoms with E-state index < -0.39 is 0 Å². The van der Waals surface area contributed by atoms with Crippen LogP contribution in [0.5, 0.6) is 0 Å². The zero-order valence-electron chi connectivity index (χ0n) is 9.76. The lowest BCUT2D eigenvalue weighted by atomic mass is 10.3. The van der Waals surface area contributed by atoms with Crippen molar-refractivity contribution >= 4 is 11.3 Å². The number of rotatable bonds is 7. The van der Waals surface area contributed by atoms with E-state index in [-0.39, 0.29) is 6.04 Å². The molecular formula is C12H20N2OS. The van der Waals surface area contributed by atoms with Crippen LogP contribution in [0, 0.1) is 0 Å². The van der Waals surface area contributed by atoms with Crippen LogP contribution >= 0.6 is 11.3 Å². The molecule has 0 bridgehead atoms. The van der Waals surface area contributed by atoms with Gasteiger partial charge in [0.1, 0.15) is 0 Å². The van der Waals surface area contributed by atoms with E-state index in [9.17, 15) is 0 Å². The molecule has 0 saturated heterocycles. The largest absolute Gasteiger partial charge is 0.383 e. The van der Waals surface area contributed by atoms with Crippen LogP contribution in [0.2, 0.25) is 0 Å². The van der Waals surface area contributed by atoms with Gasteiger partial charge in [-0.3, -0.25) is 4.90 Å². The van der Waals surface area contributed by atoms with E-state index in [0.29, 0.717) is 6.61 Å². The summed E-state index contributed by atoms with van der Waals surface area (Å²) in [4.78, 5) is 3.92. The van der Waals surface area contributed by atoms with Crippen molar-refractivity contribution in [2.24, 2.45) is 5.73 Å². The average molecular weight is 240 g/mol. The van der Waals surface area contributed by atoms with Crippen LogP contribution in [-0.2, 0) is 11.3 Å². The van der Waals surface area contributed by atoms with Crippen LogP contribution in [0.1, 0.15) is 17.7 Å². The SMILES string of the molecule is COCC(N)CN(Cc1cccs1)C1CC1. The lowest BCUT2D eigenvalue weighted by molar-refractivity contribution is 0.148. The van der Waals surface area contributed by atoms with E-state index in [0.717, 1.165) is 19.1 Å². The summed E-state index contributed by atoms with van der Waals surface area (Å²) in [5.41, 5.74) is 6.02. The molecule has 1 aromatic heterocycles. The molecule has 1 fully saturated rings. The van der Waals surface area contributed by atoms with Crippen molar-refractivity contribution in [3.8, 4) is 0 Å². The standard InChI is InChI=1S/C12H20N2OS/c1-15-9-10(13)7-14(11-4-5-11)8-12-3-2-6-16-12/h2-3,6,10-11H,4-5,7-9,13H2,1H3. The predicted molar refractivity (Wildman–Crippen MR) is 67.6 cm³/mol. The lowest BCUT2D eigenvalue weighted by Crippen LogP contribution is -2.40. The second-order valence-electron chi connectivity index (χ2n) is 4.46. The first-order valence-corrected chi connectivity index (χ1v) is 6.68. The number of methoxy groups -OCH3 is 1. The van der Waals surface area contributed by atoms with Crippen molar-refractivity contribution in [1.29, 1.82) is 0 Å². The normalized spacial score (nSPS) is 17.9. The van der Waals surface area contributed by atoms with E-state index in [4.69, 9.17) is 10.5 Å². The Bertz CT molecular complexity index is 298. The van der Waals surface area contributed by atoms with Gasteiger partial charge in [-0.15, -0.1) is 11.3 Å². The highest BCUT2D eigenvalue weighted by Crippen LogP contribution is 2.29. The van der Waals surface area contributed by atoms with Crippen LogP contribution in [-0.4, -0.2) is 37.2 Å². The highest BCUT2D eigenvalue weighted by atomic mass is 32.1. The minimum Gasteiger partial charge on any atom is -0.383 e.